The number of benzene rings is 3. The molecular weight excluding hydrogens is 442 g/mol. The highest BCUT2D eigenvalue weighted by atomic mass is 35.5. The molecule has 8 heteroatoms. The molecule has 3 rings (SSSR count). The monoisotopic (exact) mass is 463 g/mol. The van der Waals surface area contributed by atoms with E-state index in [-0.39, 0.29) is 5.75 Å². The Kier molecular flexibility index (Phi) is 7.58. The predicted octanol–water partition coefficient (Wildman–Crippen LogP) is 4.65. The van der Waals surface area contributed by atoms with E-state index in [0.717, 1.165) is 11.1 Å². The molecule has 0 spiro atoms. The first-order valence-corrected chi connectivity index (χ1v) is 10.4. The van der Waals surface area contributed by atoms with Crippen LogP contribution in [0.25, 0.3) is 0 Å². The molecule has 0 bridgehead atoms. The number of halogens is 1. The van der Waals surface area contributed by atoms with Crippen LogP contribution in [0.2, 0.25) is 5.02 Å². The summed E-state index contributed by atoms with van der Waals surface area (Å²) in [4.78, 5) is 37.0. The first-order valence-electron chi connectivity index (χ1n) is 10.0. The van der Waals surface area contributed by atoms with Crippen LogP contribution in [-0.4, -0.2) is 23.5 Å². The zero-order chi connectivity index (χ0) is 24.0. The molecule has 7 nitrogen and oxygen atoms in total. The highest BCUT2D eigenvalue weighted by Crippen LogP contribution is 2.21. The smallest absolute Gasteiger partial charge is 0.343 e. The zero-order valence-electron chi connectivity index (χ0n) is 18.3. The van der Waals surface area contributed by atoms with Gasteiger partial charge in [-0.1, -0.05) is 41.9 Å². The Bertz CT molecular complexity index is 1250. The van der Waals surface area contributed by atoms with Gasteiger partial charge in [0.1, 0.15) is 5.75 Å². The summed E-state index contributed by atoms with van der Waals surface area (Å²) in [6.07, 6.45) is 0. The lowest BCUT2D eigenvalue weighted by Gasteiger charge is -2.11. The van der Waals surface area contributed by atoms with Gasteiger partial charge in [0.05, 0.1) is 11.3 Å². The maximum atomic E-state index is 12.5. The SMILES string of the molecule is CC(=NNC(=O)C(=O)Nc1cc(C)ccc1C)c1ccccc1OC(=O)c1cccc(Cl)c1. The molecule has 0 unspecified atom stereocenters. The van der Waals surface area contributed by atoms with Crippen LogP contribution in [0.4, 0.5) is 5.69 Å². The molecule has 0 saturated carbocycles. The third-order valence-corrected chi connectivity index (χ3v) is 4.95. The van der Waals surface area contributed by atoms with E-state index < -0.39 is 17.8 Å². The van der Waals surface area contributed by atoms with Gasteiger partial charge in [-0.2, -0.15) is 5.10 Å². The van der Waals surface area contributed by atoms with Gasteiger partial charge in [0.2, 0.25) is 0 Å². The number of carbonyl (C=O) groups is 3. The number of rotatable bonds is 5. The molecule has 0 aromatic heterocycles. The zero-order valence-corrected chi connectivity index (χ0v) is 19.1. The third kappa shape index (κ3) is 6.27. The topological polar surface area (TPSA) is 96.9 Å². The van der Waals surface area contributed by atoms with Crippen molar-refractivity contribution in [1.82, 2.24) is 5.43 Å². The number of anilines is 1. The number of hydrogen-bond donors (Lipinski definition) is 2. The average Bonchev–Trinajstić information content (AvgIpc) is 2.80. The summed E-state index contributed by atoms with van der Waals surface area (Å²) in [6, 6.07) is 18.7. The van der Waals surface area contributed by atoms with Gasteiger partial charge in [0, 0.05) is 16.3 Å². The van der Waals surface area contributed by atoms with Crippen molar-refractivity contribution in [1.29, 1.82) is 0 Å². The number of nitrogens with one attached hydrogen (secondary N) is 2. The second kappa shape index (κ2) is 10.6. The summed E-state index contributed by atoms with van der Waals surface area (Å²) in [5, 5.41) is 6.98. The second-order valence-corrected chi connectivity index (χ2v) is 7.74. The Labute approximate surface area is 196 Å². The number of hydrazone groups is 1. The lowest BCUT2D eigenvalue weighted by Crippen LogP contribution is -2.33. The minimum Gasteiger partial charge on any atom is -0.422 e. The van der Waals surface area contributed by atoms with Crippen LogP contribution in [-0.2, 0) is 9.59 Å². The molecule has 0 aliphatic carbocycles. The number of aryl methyl sites for hydroxylation is 2. The van der Waals surface area contributed by atoms with Crippen LogP contribution in [0.3, 0.4) is 0 Å². The molecule has 2 N–H and O–H groups in total. The molecule has 0 aliphatic heterocycles. The summed E-state index contributed by atoms with van der Waals surface area (Å²) < 4.78 is 5.49. The lowest BCUT2D eigenvalue weighted by molar-refractivity contribution is -0.136. The maximum absolute atomic E-state index is 12.5. The Hall–Kier alpha value is -3.97. The molecule has 33 heavy (non-hydrogen) atoms. The Balaban J connectivity index is 1.70. The highest BCUT2D eigenvalue weighted by Gasteiger charge is 2.16. The first kappa shape index (κ1) is 23.7. The molecule has 0 atom stereocenters. The fourth-order valence-electron chi connectivity index (χ4n) is 2.92. The Morgan fingerprint density at radius 2 is 1.67 bits per heavy atom. The number of nitrogens with zero attached hydrogens (tertiary/aromatic N) is 1. The molecule has 168 valence electrons. The van der Waals surface area contributed by atoms with Gasteiger partial charge in [0.25, 0.3) is 0 Å². The minimum absolute atomic E-state index is 0.248. The van der Waals surface area contributed by atoms with Crippen molar-refractivity contribution in [2.45, 2.75) is 20.8 Å². The first-order chi connectivity index (χ1) is 15.7. The quantitative estimate of drug-likeness (QED) is 0.189. The van der Waals surface area contributed by atoms with Crippen LogP contribution in [0.1, 0.15) is 34.0 Å². The van der Waals surface area contributed by atoms with Crippen LogP contribution in [0, 0.1) is 13.8 Å². The van der Waals surface area contributed by atoms with Crippen LogP contribution < -0.4 is 15.5 Å². The largest absolute Gasteiger partial charge is 0.422 e. The van der Waals surface area contributed by atoms with E-state index in [4.69, 9.17) is 16.3 Å². The van der Waals surface area contributed by atoms with Crippen LogP contribution in [0.5, 0.6) is 5.75 Å². The summed E-state index contributed by atoms with van der Waals surface area (Å²) in [6.45, 7) is 5.34. The third-order valence-electron chi connectivity index (χ3n) is 4.71. The van der Waals surface area contributed by atoms with Crippen molar-refractivity contribution in [3.05, 3.63) is 94.0 Å². The number of amides is 2. The number of para-hydroxylation sites is 1. The maximum Gasteiger partial charge on any atom is 0.343 e. The van der Waals surface area contributed by atoms with Crippen LogP contribution in [0.15, 0.2) is 71.8 Å². The fraction of sp³-hybridized carbons (Fsp3) is 0.120. The summed E-state index contributed by atoms with van der Waals surface area (Å²) in [5.41, 5.74) is 5.68. The number of carbonyl (C=O) groups excluding carboxylic acids is 3. The van der Waals surface area contributed by atoms with Gasteiger partial charge in [-0.05, 0) is 68.3 Å². The molecule has 3 aromatic rings. The van der Waals surface area contributed by atoms with Crippen molar-refractivity contribution in [3.63, 3.8) is 0 Å². The summed E-state index contributed by atoms with van der Waals surface area (Å²) >= 11 is 5.94. The van der Waals surface area contributed by atoms with E-state index in [9.17, 15) is 14.4 Å². The van der Waals surface area contributed by atoms with Crippen molar-refractivity contribution in [2.75, 3.05) is 5.32 Å². The van der Waals surface area contributed by atoms with E-state index in [2.05, 4.69) is 15.8 Å². The number of ether oxygens (including phenoxy) is 1. The lowest BCUT2D eigenvalue weighted by atomic mass is 10.1. The number of esters is 1. The fourth-order valence-corrected chi connectivity index (χ4v) is 3.11. The normalized spacial score (nSPS) is 11.0. The number of hydrogen-bond acceptors (Lipinski definition) is 5. The van der Waals surface area contributed by atoms with E-state index in [1.165, 1.54) is 6.07 Å². The molecule has 0 aliphatic rings. The van der Waals surface area contributed by atoms with Crippen molar-refractivity contribution >= 4 is 40.8 Å². The van der Waals surface area contributed by atoms with E-state index >= 15 is 0 Å². The summed E-state index contributed by atoms with van der Waals surface area (Å²) in [7, 11) is 0. The van der Waals surface area contributed by atoms with E-state index in [0.29, 0.717) is 27.5 Å². The molecule has 2 amide bonds. The predicted molar refractivity (Wildman–Crippen MR) is 128 cm³/mol. The van der Waals surface area contributed by atoms with E-state index in [1.54, 1.807) is 55.5 Å². The van der Waals surface area contributed by atoms with Crippen LogP contribution >= 0.6 is 11.6 Å². The molecule has 0 fully saturated rings. The van der Waals surface area contributed by atoms with Gasteiger partial charge in [-0.15, -0.1) is 0 Å². The van der Waals surface area contributed by atoms with Gasteiger partial charge >= 0.3 is 17.8 Å². The molecule has 0 radical (unpaired) electrons. The average molecular weight is 464 g/mol. The van der Waals surface area contributed by atoms with Gasteiger partial charge in [0.15, 0.2) is 0 Å². The minimum atomic E-state index is -0.927. The molecule has 3 aromatic carbocycles. The standard InChI is InChI=1S/C25H22ClN3O4/c1-15-11-12-16(2)21(13-15)27-23(30)24(31)29-28-17(3)20-9-4-5-10-22(20)33-25(32)18-7-6-8-19(26)14-18/h4-14H,1-3H3,(H,27,30)(H,29,31). The molecular formula is C25H22ClN3O4. The van der Waals surface area contributed by atoms with Crippen molar-refractivity contribution in [3.8, 4) is 5.75 Å². The van der Waals surface area contributed by atoms with Crippen molar-refractivity contribution in [2.24, 2.45) is 5.10 Å². The van der Waals surface area contributed by atoms with Gasteiger partial charge < -0.3 is 10.1 Å². The van der Waals surface area contributed by atoms with E-state index in [1.807, 2.05) is 26.0 Å². The summed E-state index contributed by atoms with van der Waals surface area (Å²) in [5.74, 6) is -2.11. The van der Waals surface area contributed by atoms with Gasteiger partial charge in [-0.25, -0.2) is 10.2 Å². The van der Waals surface area contributed by atoms with Gasteiger partial charge in [-0.3, -0.25) is 9.59 Å². The Morgan fingerprint density at radius 1 is 0.909 bits per heavy atom. The highest BCUT2D eigenvalue weighted by molar-refractivity contribution is 6.39. The van der Waals surface area contributed by atoms with Crippen molar-refractivity contribution < 1.29 is 19.1 Å². The molecule has 0 heterocycles. The Morgan fingerprint density at radius 3 is 2.42 bits per heavy atom. The molecule has 0 saturated heterocycles. The second-order valence-electron chi connectivity index (χ2n) is 7.31.